The second-order valence-electron chi connectivity index (χ2n) is 22.5. The van der Waals surface area contributed by atoms with Crippen LogP contribution < -0.4 is 18.9 Å². The summed E-state index contributed by atoms with van der Waals surface area (Å²) < 4.78 is 153. The first-order valence-corrected chi connectivity index (χ1v) is 37.1. The van der Waals surface area contributed by atoms with Crippen LogP contribution in [0.25, 0.3) is 11.1 Å². The van der Waals surface area contributed by atoms with E-state index in [0.717, 1.165) is 24.0 Å². The van der Waals surface area contributed by atoms with Gasteiger partial charge in [0, 0.05) is 6.42 Å². The third kappa shape index (κ3) is 21.1. The number of alkyl halides is 9. The molecule has 0 saturated heterocycles. The molecule has 0 amide bonds. The molecule has 0 N–H and O–H groups in total. The van der Waals surface area contributed by atoms with Crippen molar-refractivity contribution >= 4 is 43.1 Å². The summed E-state index contributed by atoms with van der Waals surface area (Å²) in [5.74, 6) is -19.9. The Kier molecular flexibility index (Phi) is 24.3. The number of hydrogen-bond acceptors (Lipinski definition) is 9. The third-order valence-electron chi connectivity index (χ3n) is 13.2. The number of ether oxygens (including phenoxy) is 4. The number of unbranched alkanes of at least 4 members (excludes halogenated alkanes) is 11. The third-order valence-corrected chi connectivity index (χ3v) is 23.4. The van der Waals surface area contributed by atoms with Crippen LogP contribution in [0.3, 0.4) is 0 Å². The molecule has 0 aromatic heterocycles. The fourth-order valence-electron chi connectivity index (χ4n) is 9.26. The number of hydrogen-bond donors (Lipinski definition) is 0. The van der Waals surface area contributed by atoms with Crippen LogP contribution in [-0.2, 0) is 14.7 Å². The predicted octanol–water partition coefficient (Wildman–Crippen LogP) is 18.6. The van der Waals surface area contributed by atoms with E-state index in [1.165, 1.54) is 112 Å². The number of carbonyl (C=O) groups excluding carboxylic acids is 3. The van der Waals surface area contributed by atoms with Crippen LogP contribution in [-0.4, -0.2) is 73.7 Å². The van der Waals surface area contributed by atoms with E-state index >= 15 is 0 Å². The van der Waals surface area contributed by atoms with Gasteiger partial charge in [0.05, 0.1) is 23.3 Å². The highest BCUT2D eigenvalue weighted by atomic mass is 28.5. The average molecular weight is 1210 g/mol. The first kappa shape index (κ1) is 67.0. The standard InChI is InChI=1S/C61H75F9O9Si3/c1-80(2,3)78-82(6,7)79-81(4,5)43-20-16-12-10-8-9-11-13-17-22-45-25-27-47(28-26-45)55(71)75-52-37-29-46(30-38-52)50-23-21-24-54(44-50)77-57(73)49-33-39-53(40-34-49)76-56(72)48-31-35-51(36-32-48)74-42-19-15-14-18-41-58(62,63)59(64,65)60(66,67)61(68,69)70/h21,23-40,44H,8-20,22,41-43H2,1-7H3. The number of halogens is 9. The molecule has 0 aliphatic rings. The molecular weight excluding hydrogens is 1130 g/mol. The summed E-state index contributed by atoms with van der Waals surface area (Å²) >= 11 is 0. The van der Waals surface area contributed by atoms with Gasteiger partial charge < -0.3 is 27.2 Å². The zero-order valence-electron chi connectivity index (χ0n) is 47.6. The lowest BCUT2D eigenvalue weighted by molar-refractivity contribution is -0.396. The van der Waals surface area contributed by atoms with Gasteiger partial charge in [0.15, 0.2) is 16.6 Å². The van der Waals surface area contributed by atoms with E-state index < -0.39 is 79.9 Å². The van der Waals surface area contributed by atoms with Crippen LogP contribution in [0.2, 0.25) is 51.9 Å². The van der Waals surface area contributed by atoms with Gasteiger partial charge in [-0.15, -0.1) is 0 Å². The van der Waals surface area contributed by atoms with Crippen LogP contribution in [0.4, 0.5) is 39.5 Å². The van der Waals surface area contributed by atoms with Gasteiger partial charge in [-0.2, -0.15) is 39.5 Å². The van der Waals surface area contributed by atoms with Gasteiger partial charge in [-0.25, -0.2) is 14.4 Å². The lowest BCUT2D eigenvalue weighted by Crippen LogP contribution is -2.60. The molecule has 5 aromatic rings. The zero-order chi connectivity index (χ0) is 60.4. The Bertz CT molecular complexity index is 2810. The monoisotopic (exact) mass is 1210 g/mol. The minimum absolute atomic E-state index is 0.0177. The van der Waals surface area contributed by atoms with Gasteiger partial charge >= 0.3 is 50.4 Å². The minimum atomic E-state index is -6.90. The average Bonchev–Trinajstić information content (AvgIpc) is 3.23. The minimum Gasteiger partial charge on any atom is -0.494 e. The number of esters is 3. The van der Waals surface area contributed by atoms with Crippen LogP contribution >= 0.6 is 0 Å². The molecular formula is C61H75F9O9Si3. The molecule has 82 heavy (non-hydrogen) atoms. The first-order valence-electron chi connectivity index (χ1n) is 27.8. The van der Waals surface area contributed by atoms with Gasteiger partial charge in [-0.1, -0.05) is 101 Å². The van der Waals surface area contributed by atoms with Gasteiger partial charge in [-0.05, 0) is 179 Å². The normalized spacial score (nSPS) is 12.7. The van der Waals surface area contributed by atoms with Crippen molar-refractivity contribution in [2.45, 2.75) is 172 Å². The first-order chi connectivity index (χ1) is 38.4. The maximum atomic E-state index is 13.7. The van der Waals surface area contributed by atoms with Gasteiger partial charge in [0.25, 0.3) is 0 Å². The van der Waals surface area contributed by atoms with E-state index in [4.69, 9.17) is 27.2 Å². The molecule has 0 unspecified atom stereocenters. The number of carbonyl (C=O) groups is 3. The van der Waals surface area contributed by atoms with Crippen molar-refractivity contribution in [3.63, 3.8) is 0 Å². The van der Waals surface area contributed by atoms with Crippen molar-refractivity contribution in [2.75, 3.05) is 6.61 Å². The topological polar surface area (TPSA) is 107 Å². The Hall–Kier alpha value is -5.75. The Labute approximate surface area is 478 Å². The lowest BCUT2D eigenvalue weighted by Gasteiger charge is -2.37. The van der Waals surface area contributed by atoms with Crippen LogP contribution in [0.1, 0.15) is 127 Å². The molecule has 5 aromatic carbocycles. The molecule has 0 atom stereocenters. The summed E-state index contributed by atoms with van der Waals surface area (Å²) in [5, 5.41) is 0. The van der Waals surface area contributed by atoms with Crippen LogP contribution in [0.15, 0.2) is 121 Å². The molecule has 0 fully saturated rings. The molecule has 0 saturated carbocycles. The molecule has 0 aliphatic carbocycles. The van der Waals surface area contributed by atoms with E-state index in [-0.39, 0.29) is 48.5 Å². The smallest absolute Gasteiger partial charge is 0.460 e. The molecule has 5 rings (SSSR count). The molecule has 21 heteroatoms. The fraction of sp³-hybridized carbons (Fsp3) is 0.459. The molecule has 0 radical (unpaired) electrons. The molecule has 448 valence electrons. The summed E-state index contributed by atoms with van der Waals surface area (Å²) in [6.45, 7) is 15.8. The molecule has 0 aliphatic heterocycles. The Morgan fingerprint density at radius 1 is 0.427 bits per heavy atom. The van der Waals surface area contributed by atoms with Gasteiger partial charge in [0.2, 0.25) is 0 Å². The van der Waals surface area contributed by atoms with Crippen LogP contribution in [0, 0.1) is 0 Å². The van der Waals surface area contributed by atoms with E-state index in [2.05, 4.69) is 45.8 Å². The molecule has 0 spiro atoms. The fourth-order valence-corrected chi connectivity index (χ4v) is 22.5. The predicted molar refractivity (Wildman–Crippen MR) is 306 cm³/mol. The van der Waals surface area contributed by atoms with E-state index in [1.54, 1.807) is 54.6 Å². The maximum absolute atomic E-state index is 13.7. The summed E-state index contributed by atoms with van der Waals surface area (Å²) in [7, 11) is -5.43. The summed E-state index contributed by atoms with van der Waals surface area (Å²) in [6, 6.07) is 34.0. The quantitative estimate of drug-likeness (QED) is 0.0133. The Morgan fingerprint density at radius 3 is 1.38 bits per heavy atom. The van der Waals surface area contributed by atoms with E-state index in [0.29, 0.717) is 17.1 Å². The summed E-state index contributed by atoms with van der Waals surface area (Å²) in [4.78, 5) is 38.9. The second-order valence-corrected chi connectivity index (χ2v) is 35.2. The zero-order valence-corrected chi connectivity index (χ0v) is 50.6. The highest BCUT2D eigenvalue weighted by molar-refractivity contribution is 6.87. The van der Waals surface area contributed by atoms with E-state index in [9.17, 15) is 53.9 Å². The Morgan fingerprint density at radius 2 is 0.866 bits per heavy atom. The number of aryl methyl sites for hydroxylation is 1. The van der Waals surface area contributed by atoms with Gasteiger partial charge in [-0.3, -0.25) is 0 Å². The largest absolute Gasteiger partial charge is 0.494 e. The van der Waals surface area contributed by atoms with Crippen molar-refractivity contribution in [3.05, 3.63) is 144 Å². The molecule has 9 nitrogen and oxygen atoms in total. The Balaban J connectivity index is 0.951. The van der Waals surface area contributed by atoms with Crippen molar-refractivity contribution < 1.29 is 81.1 Å². The highest BCUT2D eigenvalue weighted by Gasteiger charge is 2.81. The van der Waals surface area contributed by atoms with Crippen molar-refractivity contribution in [1.29, 1.82) is 0 Å². The van der Waals surface area contributed by atoms with Crippen molar-refractivity contribution in [2.24, 2.45) is 0 Å². The second kappa shape index (κ2) is 29.7. The maximum Gasteiger partial charge on any atom is 0.460 e. The summed E-state index contributed by atoms with van der Waals surface area (Å²) in [6.07, 6.45) is 2.76. The molecule has 0 heterocycles. The SMILES string of the molecule is C[Si](C)(C)O[Si](C)(C)O[Si](C)(C)CCCCCCCCCCCc1ccc(C(=O)Oc2ccc(-c3cccc(OC(=O)c4ccc(OC(=O)c5ccc(OCCCCCCC(F)(F)C(F)(F)C(F)(F)C(F)(F)F)cc5)cc4)c3)cc2)cc1. The van der Waals surface area contributed by atoms with Crippen molar-refractivity contribution in [1.82, 2.24) is 0 Å². The van der Waals surface area contributed by atoms with E-state index in [1.807, 2.05) is 18.2 Å². The number of benzene rings is 5. The van der Waals surface area contributed by atoms with Crippen LogP contribution in [0.5, 0.6) is 23.0 Å². The molecule has 0 bridgehead atoms. The number of rotatable bonds is 33. The lowest BCUT2D eigenvalue weighted by atomic mass is 9.98. The van der Waals surface area contributed by atoms with Crippen molar-refractivity contribution in [3.8, 4) is 34.1 Å². The van der Waals surface area contributed by atoms with Gasteiger partial charge in [0.1, 0.15) is 23.0 Å². The summed E-state index contributed by atoms with van der Waals surface area (Å²) in [5.41, 5.74) is 3.48. The highest BCUT2D eigenvalue weighted by Crippen LogP contribution is 2.54.